The van der Waals surface area contributed by atoms with E-state index in [9.17, 15) is 4.79 Å². The summed E-state index contributed by atoms with van der Waals surface area (Å²) in [5, 5.41) is 9.11. The third-order valence-corrected chi connectivity index (χ3v) is 5.44. The predicted molar refractivity (Wildman–Crippen MR) is 117 cm³/mol. The molecule has 4 rings (SSSR count). The minimum Gasteiger partial charge on any atom is -0.486 e. The van der Waals surface area contributed by atoms with Gasteiger partial charge in [-0.1, -0.05) is 35.3 Å². The number of ether oxygens (including phenoxy) is 2. The van der Waals surface area contributed by atoms with Gasteiger partial charge in [0.15, 0.2) is 11.5 Å². The normalized spacial score (nSPS) is 12.8. The number of fused-ring (bicyclic) bond motifs is 1. The minimum atomic E-state index is -0.0970. The summed E-state index contributed by atoms with van der Waals surface area (Å²) in [6.07, 6.45) is 0.153. The molecule has 0 atom stereocenters. The quantitative estimate of drug-likeness (QED) is 0.524. The van der Waals surface area contributed by atoms with Crippen LogP contribution >= 0.6 is 23.2 Å². The lowest BCUT2D eigenvalue weighted by Gasteiger charge is -2.26. The van der Waals surface area contributed by atoms with Gasteiger partial charge >= 0.3 is 0 Å². The topological polar surface area (TPSA) is 77.7 Å². The highest BCUT2D eigenvalue weighted by Crippen LogP contribution is 2.38. The van der Waals surface area contributed by atoms with E-state index < -0.39 is 0 Å². The van der Waals surface area contributed by atoms with Crippen molar-refractivity contribution >= 4 is 29.1 Å². The molecule has 2 aromatic carbocycles. The number of hydrogen-bond acceptors (Lipinski definition) is 6. The first-order valence-corrected chi connectivity index (χ1v) is 10.6. The molecule has 0 saturated carbocycles. The van der Waals surface area contributed by atoms with E-state index in [1.807, 2.05) is 26.0 Å². The number of halogens is 2. The molecule has 0 spiro atoms. The van der Waals surface area contributed by atoms with E-state index in [0.29, 0.717) is 52.1 Å². The van der Waals surface area contributed by atoms with Crippen molar-refractivity contribution in [3.8, 4) is 23.0 Å². The molecular weight excluding hydrogens is 441 g/mol. The van der Waals surface area contributed by atoms with Gasteiger partial charge in [0.25, 0.3) is 0 Å². The minimum absolute atomic E-state index is 0.0733. The number of nitrogens with zero attached hydrogens (tertiary/aromatic N) is 3. The molecule has 0 aliphatic carbocycles. The van der Waals surface area contributed by atoms with Gasteiger partial charge in [-0.15, -0.1) is 10.2 Å². The molecule has 0 bridgehead atoms. The van der Waals surface area contributed by atoms with Crippen molar-refractivity contribution in [2.24, 2.45) is 0 Å². The molecule has 0 unspecified atom stereocenters. The van der Waals surface area contributed by atoms with Crippen LogP contribution in [0.1, 0.15) is 25.3 Å². The van der Waals surface area contributed by atoms with E-state index in [0.717, 1.165) is 5.56 Å². The maximum absolute atomic E-state index is 13.1. The summed E-state index contributed by atoms with van der Waals surface area (Å²) >= 11 is 12.5. The highest BCUT2D eigenvalue weighted by molar-refractivity contribution is 6.33. The molecule has 0 saturated heterocycles. The number of carbonyl (C=O) groups is 1. The highest BCUT2D eigenvalue weighted by Gasteiger charge is 2.23. The van der Waals surface area contributed by atoms with Gasteiger partial charge in [0.1, 0.15) is 13.2 Å². The molecule has 1 aliphatic rings. The van der Waals surface area contributed by atoms with Crippen molar-refractivity contribution in [2.45, 2.75) is 32.9 Å². The van der Waals surface area contributed by atoms with Crippen LogP contribution in [0.25, 0.3) is 11.5 Å². The first-order chi connectivity index (χ1) is 14.9. The number of aromatic nitrogens is 2. The van der Waals surface area contributed by atoms with Crippen molar-refractivity contribution in [2.75, 3.05) is 13.2 Å². The SMILES string of the molecule is CC(C)N(Cc1nnc(-c2ccccc2Cl)o1)C(=O)Cc1cc(Cl)c2c(c1)OCCO2. The largest absolute Gasteiger partial charge is 0.486 e. The van der Waals surface area contributed by atoms with Gasteiger partial charge in [-0.3, -0.25) is 4.79 Å². The van der Waals surface area contributed by atoms with Crippen molar-refractivity contribution in [3.05, 3.63) is 57.9 Å². The van der Waals surface area contributed by atoms with Crippen LogP contribution in [0.2, 0.25) is 10.0 Å². The molecule has 0 N–H and O–H groups in total. The van der Waals surface area contributed by atoms with Crippen LogP contribution in [-0.2, 0) is 17.8 Å². The van der Waals surface area contributed by atoms with Gasteiger partial charge in [-0.2, -0.15) is 0 Å². The lowest BCUT2D eigenvalue weighted by molar-refractivity contribution is -0.133. The fraction of sp³-hybridized carbons (Fsp3) is 0.318. The highest BCUT2D eigenvalue weighted by atomic mass is 35.5. The van der Waals surface area contributed by atoms with Crippen LogP contribution in [0.3, 0.4) is 0 Å². The summed E-state index contributed by atoms with van der Waals surface area (Å²) in [5.74, 6) is 1.62. The van der Waals surface area contributed by atoms with Gasteiger partial charge in [0, 0.05) is 6.04 Å². The Morgan fingerprint density at radius 1 is 1.10 bits per heavy atom. The first kappa shape index (κ1) is 21.5. The Morgan fingerprint density at radius 2 is 1.87 bits per heavy atom. The number of benzene rings is 2. The summed E-state index contributed by atoms with van der Waals surface area (Å²) in [7, 11) is 0. The second-order valence-electron chi connectivity index (χ2n) is 7.37. The molecule has 1 aromatic heterocycles. The Labute approximate surface area is 189 Å². The summed E-state index contributed by atoms with van der Waals surface area (Å²) in [6, 6.07) is 10.7. The summed E-state index contributed by atoms with van der Waals surface area (Å²) in [4.78, 5) is 14.7. The molecule has 1 aliphatic heterocycles. The Morgan fingerprint density at radius 3 is 2.65 bits per heavy atom. The van der Waals surface area contributed by atoms with Gasteiger partial charge in [0.05, 0.1) is 28.6 Å². The van der Waals surface area contributed by atoms with Crippen molar-refractivity contribution in [1.82, 2.24) is 15.1 Å². The lowest BCUT2D eigenvalue weighted by Crippen LogP contribution is -2.37. The third-order valence-electron chi connectivity index (χ3n) is 4.83. The van der Waals surface area contributed by atoms with Gasteiger partial charge in [-0.05, 0) is 43.7 Å². The van der Waals surface area contributed by atoms with Gasteiger partial charge in [-0.25, -0.2) is 0 Å². The maximum Gasteiger partial charge on any atom is 0.249 e. The fourth-order valence-corrected chi connectivity index (χ4v) is 3.81. The zero-order chi connectivity index (χ0) is 22.0. The number of rotatable bonds is 6. The Balaban J connectivity index is 1.50. The standard InChI is InChI=1S/C22H21Cl2N3O4/c1-13(2)27(12-19-25-26-22(31-19)15-5-3-4-6-16(15)23)20(28)11-14-9-17(24)21-18(10-14)29-7-8-30-21/h3-6,9-10,13H,7-8,11-12H2,1-2H3. The van der Waals surface area contributed by atoms with Crippen molar-refractivity contribution < 1.29 is 18.7 Å². The lowest BCUT2D eigenvalue weighted by atomic mass is 10.1. The molecule has 1 amide bonds. The Hall–Kier alpha value is -2.77. The van der Waals surface area contributed by atoms with Crippen LogP contribution in [0.5, 0.6) is 11.5 Å². The van der Waals surface area contributed by atoms with E-state index in [-0.39, 0.29) is 24.9 Å². The smallest absolute Gasteiger partial charge is 0.249 e. The van der Waals surface area contributed by atoms with Crippen LogP contribution in [0.15, 0.2) is 40.8 Å². The first-order valence-electron chi connectivity index (χ1n) is 9.87. The van der Waals surface area contributed by atoms with Gasteiger partial charge in [0.2, 0.25) is 17.7 Å². The van der Waals surface area contributed by atoms with Crippen LogP contribution in [0, 0.1) is 0 Å². The zero-order valence-electron chi connectivity index (χ0n) is 17.1. The van der Waals surface area contributed by atoms with Gasteiger partial charge < -0.3 is 18.8 Å². The Bertz CT molecular complexity index is 1100. The zero-order valence-corrected chi connectivity index (χ0v) is 18.6. The average Bonchev–Trinajstić information content (AvgIpc) is 3.20. The molecule has 0 fully saturated rings. The predicted octanol–water partition coefficient (Wildman–Crippen LogP) is 4.79. The van der Waals surface area contributed by atoms with Crippen LogP contribution in [-0.4, -0.2) is 40.3 Å². The van der Waals surface area contributed by atoms with E-state index >= 15 is 0 Å². The summed E-state index contributed by atoms with van der Waals surface area (Å²) in [6.45, 7) is 4.95. The number of carbonyl (C=O) groups excluding carboxylic acids is 1. The average molecular weight is 462 g/mol. The molecule has 9 heteroatoms. The molecule has 3 aromatic rings. The monoisotopic (exact) mass is 461 g/mol. The van der Waals surface area contributed by atoms with Crippen molar-refractivity contribution in [3.63, 3.8) is 0 Å². The molecule has 0 radical (unpaired) electrons. The molecule has 2 heterocycles. The summed E-state index contributed by atoms with van der Waals surface area (Å²) in [5.41, 5.74) is 1.39. The maximum atomic E-state index is 13.1. The number of amides is 1. The third kappa shape index (κ3) is 4.78. The number of hydrogen-bond donors (Lipinski definition) is 0. The van der Waals surface area contributed by atoms with Crippen molar-refractivity contribution in [1.29, 1.82) is 0 Å². The molecular formula is C22H21Cl2N3O4. The summed E-state index contributed by atoms with van der Waals surface area (Å²) < 4.78 is 16.9. The Kier molecular flexibility index (Phi) is 6.34. The fourth-order valence-electron chi connectivity index (χ4n) is 3.31. The molecule has 7 nitrogen and oxygen atoms in total. The van der Waals surface area contributed by atoms with E-state index in [1.54, 1.807) is 29.2 Å². The molecule has 31 heavy (non-hydrogen) atoms. The second-order valence-corrected chi connectivity index (χ2v) is 8.19. The molecule has 162 valence electrons. The van der Waals surface area contributed by atoms with Crippen LogP contribution < -0.4 is 9.47 Å². The van der Waals surface area contributed by atoms with E-state index in [2.05, 4.69) is 10.2 Å². The van der Waals surface area contributed by atoms with E-state index in [4.69, 9.17) is 37.1 Å². The van der Waals surface area contributed by atoms with E-state index in [1.165, 1.54) is 0 Å². The van der Waals surface area contributed by atoms with Crippen LogP contribution in [0.4, 0.5) is 0 Å². The second kappa shape index (κ2) is 9.16.